The Hall–Kier alpha value is -4.67. The summed E-state index contributed by atoms with van der Waals surface area (Å²) < 4.78 is 57.6. The zero-order valence-electron chi connectivity index (χ0n) is 25.6. The van der Waals surface area contributed by atoms with Crippen molar-refractivity contribution in [3.63, 3.8) is 0 Å². The van der Waals surface area contributed by atoms with Gasteiger partial charge in [-0.2, -0.15) is 14.5 Å². The number of amides is 2. The fourth-order valence-corrected chi connectivity index (χ4v) is 7.56. The minimum Gasteiger partial charge on any atom is -0.369 e. The van der Waals surface area contributed by atoms with Crippen LogP contribution in [0, 0.1) is 11.6 Å². The minimum atomic E-state index is -4.36. The molecule has 0 atom stereocenters. The molecular weight excluding hydrogens is 620 g/mol. The number of piperazine rings is 1. The van der Waals surface area contributed by atoms with Gasteiger partial charge in [-0.05, 0) is 51.2 Å². The van der Waals surface area contributed by atoms with Crippen LogP contribution in [0.3, 0.4) is 0 Å². The third-order valence-electron chi connectivity index (χ3n) is 8.39. The summed E-state index contributed by atoms with van der Waals surface area (Å²) in [5.41, 5.74) is 1.19. The molecule has 0 saturated carbocycles. The second kappa shape index (κ2) is 11.6. The molecule has 2 aliphatic rings. The standard InChI is InChI=1S/C30H33F2N9O4S/c1-30(2)26-24(17-41(30)46(44,45)22-12-19(31)11-20(32)13-22)27(37-36-26)35-29(43)23-6-5-21(40-9-7-38(3)8-10-40)14-25(23)34-28(42)18-15-33-39(4)16-18/h5-6,11-16H,7-10,17H2,1-4H3,(H,34,42)(H2,35,36,37,43). The maximum absolute atomic E-state index is 13.9. The van der Waals surface area contributed by atoms with E-state index < -0.39 is 43.9 Å². The van der Waals surface area contributed by atoms with Gasteiger partial charge in [0.25, 0.3) is 11.8 Å². The first-order chi connectivity index (χ1) is 21.7. The molecule has 16 heteroatoms. The van der Waals surface area contributed by atoms with E-state index in [0.29, 0.717) is 22.9 Å². The molecule has 1 saturated heterocycles. The molecule has 6 rings (SSSR count). The number of carbonyl (C=O) groups is 2. The van der Waals surface area contributed by atoms with Crippen LogP contribution in [0.2, 0.25) is 0 Å². The van der Waals surface area contributed by atoms with Crippen LogP contribution >= 0.6 is 0 Å². The molecule has 13 nitrogen and oxygen atoms in total. The monoisotopic (exact) mass is 653 g/mol. The summed E-state index contributed by atoms with van der Waals surface area (Å²) in [6, 6.07) is 7.29. The van der Waals surface area contributed by atoms with Crippen molar-refractivity contribution in [3.05, 3.63) is 82.8 Å². The highest BCUT2D eigenvalue weighted by Crippen LogP contribution is 2.44. The molecule has 46 heavy (non-hydrogen) atoms. The second-order valence-corrected chi connectivity index (χ2v) is 13.8. The Kier molecular flexibility index (Phi) is 7.90. The number of halogens is 2. The van der Waals surface area contributed by atoms with E-state index in [9.17, 15) is 26.8 Å². The second-order valence-electron chi connectivity index (χ2n) is 11.9. The van der Waals surface area contributed by atoms with Gasteiger partial charge in [-0.25, -0.2) is 17.2 Å². The summed E-state index contributed by atoms with van der Waals surface area (Å²) in [6.07, 6.45) is 2.98. The quantitative estimate of drug-likeness (QED) is 0.276. The summed E-state index contributed by atoms with van der Waals surface area (Å²) in [7, 11) is -0.620. The molecule has 0 radical (unpaired) electrons. The number of fused-ring (bicyclic) bond motifs is 1. The van der Waals surface area contributed by atoms with Crippen molar-refractivity contribution in [3.8, 4) is 0 Å². The molecule has 3 N–H and O–H groups in total. The number of nitrogens with zero attached hydrogens (tertiary/aromatic N) is 6. The molecule has 0 bridgehead atoms. The molecule has 0 spiro atoms. The zero-order chi connectivity index (χ0) is 33.0. The number of likely N-dealkylation sites (N-methyl/N-ethyl adjacent to an activating group) is 1. The predicted molar refractivity (Wildman–Crippen MR) is 166 cm³/mol. The van der Waals surface area contributed by atoms with Crippen molar-refractivity contribution in [2.45, 2.75) is 30.8 Å². The highest BCUT2D eigenvalue weighted by molar-refractivity contribution is 7.89. The van der Waals surface area contributed by atoms with Crippen molar-refractivity contribution in [1.82, 2.24) is 29.2 Å². The molecule has 0 aliphatic carbocycles. The van der Waals surface area contributed by atoms with Crippen molar-refractivity contribution in [2.24, 2.45) is 7.05 Å². The van der Waals surface area contributed by atoms with Gasteiger partial charge in [0.05, 0.1) is 39.1 Å². The number of aryl methyl sites for hydroxylation is 1. The maximum Gasteiger partial charge on any atom is 0.258 e. The first-order valence-electron chi connectivity index (χ1n) is 14.5. The Balaban J connectivity index is 1.29. The Labute approximate surface area is 264 Å². The van der Waals surface area contributed by atoms with E-state index in [1.165, 1.54) is 10.9 Å². The van der Waals surface area contributed by atoms with Gasteiger partial charge in [-0.1, -0.05) is 0 Å². The molecule has 1 fully saturated rings. The minimum absolute atomic E-state index is 0.0869. The molecule has 2 aromatic heterocycles. The first-order valence-corrected chi connectivity index (χ1v) is 15.9. The number of nitrogens with one attached hydrogen (secondary N) is 3. The molecule has 2 amide bonds. The first kappa shape index (κ1) is 31.3. The molecule has 0 unspecified atom stereocenters. The molecule has 2 aliphatic heterocycles. The zero-order valence-corrected chi connectivity index (χ0v) is 26.5. The van der Waals surface area contributed by atoms with Crippen LogP contribution < -0.4 is 15.5 Å². The third kappa shape index (κ3) is 5.74. The number of carbonyl (C=O) groups excluding carboxylic acids is 2. The lowest BCUT2D eigenvalue weighted by Gasteiger charge is -2.34. The number of aromatic nitrogens is 4. The van der Waals surface area contributed by atoms with Gasteiger partial charge in [-0.3, -0.25) is 19.4 Å². The van der Waals surface area contributed by atoms with Crippen LogP contribution in [0.15, 0.2) is 53.7 Å². The Morgan fingerprint density at radius 1 is 0.957 bits per heavy atom. The highest BCUT2D eigenvalue weighted by Gasteiger charge is 2.48. The number of anilines is 3. The van der Waals surface area contributed by atoms with Crippen LogP contribution in [-0.2, 0) is 29.2 Å². The normalized spacial score (nSPS) is 16.8. The van der Waals surface area contributed by atoms with E-state index >= 15 is 0 Å². The number of hydrogen-bond acceptors (Lipinski definition) is 8. The van der Waals surface area contributed by atoms with Crippen molar-refractivity contribution in [1.29, 1.82) is 0 Å². The average molecular weight is 654 g/mol. The lowest BCUT2D eigenvalue weighted by molar-refractivity contribution is 0.102. The number of hydrogen-bond donors (Lipinski definition) is 3. The lowest BCUT2D eigenvalue weighted by atomic mass is 10.0. The summed E-state index contributed by atoms with van der Waals surface area (Å²) >= 11 is 0. The number of rotatable bonds is 7. The Morgan fingerprint density at radius 3 is 2.30 bits per heavy atom. The smallest absolute Gasteiger partial charge is 0.258 e. The van der Waals surface area contributed by atoms with E-state index in [1.807, 2.05) is 13.1 Å². The van der Waals surface area contributed by atoms with Gasteiger partial charge in [0.1, 0.15) is 11.6 Å². The predicted octanol–water partition coefficient (Wildman–Crippen LogP) is 3.12. The summed E-state index contributed by atoms with van der Waals surface area (Å²) in [4.78, 5) is 30.7. The molecule has 4 aromatic rings. The fraction of sp³-hybridized carbons (Fsp3) is 0.333. The number of sulfonamides is 1. The number of H-pyrrole nitrogens is 1. The average Bonchev–Trinajstić information content (AvgIpc) is 3.68. The van der Waals surface area contributed by atoms with Crippen LogP contribution in [0.5, 0.6) is 0 Å². The van der Waals surface area contributed by atoms with Crippen LogP contribution in [0.4, 0.5) is 26.0 Å². The molecule has 2 aromatic carbocycles. The SMILES string of the molecule is CN1CCN(c2ccc(C(=O)Nc3n[nH]c4c3CN(S(=O)(=O)c3cc(F)cc(F)c3)C4(C)C)c(NC(=O)c3cnn(C)c3)c2)CC1. The van der Waals surface area contributed by atoms with Crippen molar-refractivity contribution < 1.29 is 26.8 Å². The van der Waals surface area contributed by atoms with Crippen LogP contribution in [-0.4, -0.2) is 82.6 Å². The lowest BCUT2D eigenvalue weighted by Crippen LogP contribution is -2.44. The van der Waals surface area contributed by atoms with Gasteiger partial charge < -0.3 is 20.4 Å². The van der Waals surface area contributed by atoms with Crippen LogP contribution in [0.25, 0.3) is 0 Å². The van der Waals surface area contributed by atoms with Gasteiger partial charge in [0, 0.05) is 63.3 Å². The van der Waals surface area contributed by atoms with Gasteiger partial charge in [0.15, 0.2) is 5.82 Å². The Bertz CT molecular complexity index is 1930. The summed E-state index contributed by atoms with van der Waals surface area (Å²) in [5, 5.41) is 16.7. The van der Waals surface area contributed by atoms with E-state index in [2.05, 4.69) is 35.7 Å². The van der Waals surface area contributed by atoms with Crippen molar-refractivity contribution >= 4 is 39.0 Å². The van der Waals surface area contributed by atoms with E-state index in [1.54, 1.807) is 39.2 Å². The molecular formula is C30H33F2N9O4S. The van der Waals surface area contributed by atoms with E-state index in [-0.39, 0.29) is 23.6 Å². The molecule has 4 heterocycles. The Morgan fingerprint density at radius 2 is 1.65 bits per heavy atom. The third-order valence-corrected chi connectivity index (χ3v) is 10.4. The number of benzene rings is 2. The van der Waals surface area contributed by atoms with E-state index in [0.717, 1.165) is 48.3 Å². The highest BCUT2D eigenvalue weighted by atomic mass is 32.2. The molecule has 242 valence electrons. The summed E-state index contributed by atoms with van der Waals surface area (Å²) in [5.74, 6) is -2.99. The topological polar surface area (TPSA) is 149 Å². The largest absolute Gasteiger partial charge is 0.369 e. The summed E-state index contributed by atoms with van der Waals surface area (Å²) in [6.45, 7) is 6.30. The fourth-order valence-electron chi connectivity index (χ4n) is 5.79. The van der Waals surface area contributed by atoms with Gasteiger partial charge in [0.2, 0.25) is 10.0 Å². The number of aromatic amines is 1. The van der Waals surface area contributed by atoms with Crippen LogP contribution in [0.1, 0.15) is 45.8 Å². The van der Waals surface area contributed by atoms with Gasteiger partial charge in [-0.15, -0.1) is 0 Å². The van der Waals surface area contributed by atoms with E-state index in [4.69, 9.17) is 0 Å². The maximum atomic E-state index is 13.9. The van der Waals surface area contributed by atoms with Crippen molar-refractivity contribution in [2.75, 3.05) is 48.8 Å². The van der Waals surface area contributed by atoms with Gasteiger partial charge >= 0.3 is 0 Å².